The van der Waals surface area contributed by atoms with E-state index in [2.05, 4.69) is 6.58 Å². The van der Waals surface area contributed by atoms with E-state index in [9.17, 15) is 9.59 Å². The number of allylic oxidation sites excluding steroid dienone is 1. The average molecular weight is 264 g/mol. The number of piperidine rings is 2. The van der Waals surface area contributed by atoms with Crippen LogP contribution in [0.4, 0.5) is 0 Å². The lowest BCUT2D eigenvalue weighted by Crippen LogP contribution is -2.51. The summed E-state index contributed by atoms with van der Waals surface area (Å²) in [6.07, 6.45) is 6.86. The number of hydrogen-bond donors (Lipinski definition) is 0. The lowest BCUT2D eigenvalue weighted by Gasteiger charge is -2.46. The first-order valence-electron chi connectivity index (χ1n) is 7.19. The van der Waals surface area contributed by atoms with E-state index in [0.717, 1.165) is 45.3 Å². The number of nitrogens with zero attached hydrogens (tertiary/aromatic N) is 2. The van der Waals surface area contributed by atoms with E-state index in [1.807, 2.05) is 16.8 Å². The predicted molar refractivity (Wildman–Crippen MR) is 74.5 cm³/mol. The van der Waals surface area contributed by atoms with E-state index >= 15 is 0 Å². The van der Waals surface area contributed by atoms with Crippen molar-refractivity contribution < 1.29 is 9.59 Å². The Kier molecular flexibility index (Phi) is 4.27. The van der Waals surface area contributed by atoms with Crippen LogP contribution in [0.3, 0.4) is 0 Å². The van der Waals surface area contributed by atoms with Gasteiger partial charge in [-0.25, -0.2) is 0 Å². The molecule has 2 rings (SSSR count). The fourth-order valence-electron chi connectivity index (χ4n) is 3.26. The summed E-state index contributed by atoms with van der Waals surface area (Å²) in [5.74, 6) is 0.505. The third-order valence-corrected chi connectivity index (χ3v) is 4.61. The van der Waals surface area contributed by atoms with Gasteiger partial charge in [-0.2, -0.15) is 0 Å². The highest BCUT2D eigenvalue weighted by atomic mass is 16.2. The molecule has 106 valence electrons. The summed E-state index contributed by atoms with van der Waals surface area (Å²) in [5, 5.41) is 0. The molecule has 0 aromatic heterocycles. The maximum absolute atomic E-state index is 12.0. The molecule has 19 heavy (non-hydrogen) atoms. The number of amides is 2. The Hall–Kier alpha value is -1.32. The third-order valence-electron chi connectivity index (χ3n) is 4.61. The number of carbonyl (C=O) groups is 2. The fraction of sp³-hybridized carbons (Fsp3) is 0.733. The van der Waals surface area contributed by atoms with Crippen molar-refractivity contribution in [3.8, 4) is 0 Å². The second kappa shape index (κ2) is 5.76. The molecule has 0 unspecified atom stereocenters. The van der Waals surface area contributed by atoms with E-state index in [1.165, 1.54) is 0 Å². The van der Waals surface area contributed by atoms with Crippen molar-refractivity contribution >= 4 is 11.8 Å². The van der Waals surface area contributed by atoms with Crippen LogP contribution in [0.15, 0.2) is 12.7 Å². The molecule has 2 heterocycles. The van der Waals surface area contributed by atoms with Crippen molar-refractivity contribution in [1.29, 1.82) is 0 Å². The van der Waals surface area contributed by atoms with E-state index in [0.29, 0.717) is 12.8 Å². The lowest BCUT2D eigenvalue weighted by atomic mass is 9.72. The molecular formula is C15H24N2O2. The van der Waals surface area contributed by atoms with Gasteiger partial charge in [-0.1, -0.05) is 6.08 Å². The Balaban J connectivity index is 1.86. The fourth-order valence-corrected chi connectivity index (χ4v) is 3.26. The van der Waals surface area contributed by atoms with Crippen LogP contribution in [0.25, 0.3) is 0 Å². The Labute approximate surface area is 115 Å². The van der Waals surface area contributed by atoms with Gasteiger partial charge in [0.2, 0.25) is 11.8 Å². The molecular weight excluding hydrogens is 240 g/mol. The van der Waals surface area contributed by atoms with E-state index in [1.54, 1.807) is 6.08 Å². The van der Waals surface area contributed by atoms with E-state index in [-0.39, 0.29) is 17.2 Å². The molecule has 0 radical (unpaired) electrons. The van der Waals surface area contributed by atoms with Crippen molar-refractivity contribution in [2.75, 3.05) is 26.7 Å². The summed E-state index contributed by atoms with van der Waals surface area (Å²) in [4.78, 5) is 27.4. The molecule has 0 aromatic carbocycles. The van der Waals surface area contributed by atoms with Gasteiger partial charge in [0.15, 0.2) is 0 Å². The molecule has 0 N–H and O–H groups in total. The lowest BCUT2D eigenvalue weighted by molar-refractivity contribution is -0.141. The Morgan fingerprint density at radius 3 is 2.63 bits per heavy atom. The van der Waals surface area contributed by atoms with Gasteiger partial charge in [0.1, 0.15) is 0 Å². The van der Waals surface area contributed by atoms with E-state index in [4.69, 9.17) is 0 Å². The zero-order valence-electron chi connectivity index (χ0n) is 11.9. The number of hydrogen-bond acceptors (Lipinski definition) is 2. The second-order valence-electron chi connectivity index (χ2n) is 5.96. The summed E-state index contributed by atoms with van der Waals surface area (Å²) in [7, 11) is 1.89. The van der Waals surface area contributed by atoms with Crippen molar-refractivity contribution in [2.45, 2.75) is 38.5 Å². The number of carbonyl (C=O) groups excluding carboxylic acids is 2. The molecule has 0 bridgehead atoms. The molecule has 2 aliphatic rings. The summed E-state index contributed by atoms with van der Waals surface area (Å²) in [6.45, 7) is 6.21. The average Bonchev–Trinajstić information content (AvgIpc) is 2.42. The first-order chi connectivity index (χ1) is 9.06. The largest absolute Gasteiger partial charge is 0.345 e. The molecule has 2 saturated heterocycles. The quantitative estimate of drug-likeness (QED) is 0.729. The highest BCUT2D eigenvalue weighted by Crippen LogP contribution is 2.39. The number of rotatable bonds is 3. The molecule has 2 fully saturated rings. The van der Waals surface area contributed by atoms with Gasteiger partial charge in [-0.05, 0) is 31.1 Å². The number of likely N-dealkylation sites (tertiary alicyclic amines) is 2. The van der Waals surface area contributed by atoms with Gasteiger partial charge in [0, 0.05) is 39.5 Å². The third kappa shape index (κ3) is 3.17. The Morgan fingerprint density at radius 2 is 2.05 bits per heavy atom. The molecule has 2 amide bonds. The second-order valence-corrected chi connectivity index (χ2v) is 5.96. The van der Waals surface area contributed by atoms with Gasteiger partial charge in [-0.15, -0.1) is 6.58 Å². The standard InChI is InChI=1S/C15H24N2O2/c1-3-4-5-14(19)17-10-8-15(9-11-17)7-6-13(18)16(2)12-15/h3H,1,4-12H2,2H3. The zero-order chi connectivity index (χ0) is 13.9. The van der Waals surface area contributed by atoms with Crippen molar-refractivity contribution in [3.63, 3.8) is 0 Å². The zero-order valence-corrected chi connectivity index (χ0v) is 11.9. The monoisotopic (exact) mass is 264 g/mol. The Morgan fingerprint density at radius 1 is 1.37 bits per heavy atom. The van der Waals surface area contributed by atoms with Crippen LogP contribution in [0.2, 0.25) is 0 Å². The maximum Gasteiger partial charge on any atom is 0.222 e. The highest BCUT2D eigenvalue weighted by Gasteiger charge is 2.40. The molecule has 0 atom stereocenters. The van der Waals surface area contributed by atoms with E-state index < -0.39 is 0 Å². The van der Waals surface area contributed by atoms with Crippen molar-refractivity contribution in [3.05, 3.63) is 12.7 Å². The van der Waals surface area contributed by atoms with Crippen LogP contribution in [-0.2, 0) is 9.59 Å². The molecule has 4 heteroatoms. The normalized spacial score (nSPS) is 22.7. The molecule has 2 aliphatic heterocycles. The van der Waals surface area contributed by atoms with Crippen molar-refractivity contribution in [2.24, 2.45) is 5.41 Å². The topological polar surface area (TPSA) is 40.6 Å². The van der Waals surface area contributed by atoms with Crippen LogP contribution >= 0.6 is 0 Å². The van der Waals surface area contributed by atoms with Crippen LogP contribution in [0.5, 0.6) is 0 Å². The van der Waals surface area contributed by atoms with Crippen LogP contribution in [0, 0.1) is 5.41 Å². The highest BCUT2D eigenvalue weighted by molar-refractivity contribution is 5.77. The molecule has 4 nitrogen and oxygen atoms in total. The predicted octanol–water partition coefficient (Wildman–Crippen LogP) is 1.81. The van der Waals surface area contributed by atoms with Gasteiger partial charge in [-0.3, -0.25) is 9.59 Å². The smallest absolute Gasteiger partial charge is 0.222 e. The molecule has 0 saturated carbocycles. The maximum atomic E-state index is 12.0. The van der Waals surface area contributed by atoms with Gasteiger partial charge in [0.25, 0.3) is 0 Å². The summed E-state index contributed by atoms with van der Waals surface area (Å²) < 4.78 is 0. The van der Waals surface area contributed by atoms with Crippen LogP contribution in [0.1, 0.15) is 38.5 Å². The van der Waals surface area contributed by atoms with Crippen LogP contribution < -0.4 is 0 Å². The molecule has 0 aliphatic carbocycles. The van der Waals surface area contributed by atoms with Gasteiger partial charge in [0.05, 0.1) is 0 Å². The molecule has 0 aromatic rings. The van der Waals surface area contributed by atoms with Crippen LogP contribution in [-0.4, -0.2) is 48.3 Å². The summed E-state index contributed by atoms with van der Waals surface area (Å²) in [6, 6.07) is 0. The summed E-state index contributed by atoms with van der Waals surface area (Å²) in [5.41, 5.74) is 0.262. The molecule has 1 spiro atoms. The minimum atomic E-state index is 0.245. The minimum Gasteiger partial charge on any atom is -0.345 e. The SMILES string of the molecule is C=CCCC(=O)N1CCC2(CCC(=O)N(C)C2)CC1. The minimum absolute atomic E-state index is 0.245. The van der Waals surface area contributed by atoms with Crippen molar-refractivity contribution in [1.82, 2.24) is 9.80 Å². The first-order valence-corrected chi connectivity index (χ1v) is 7.19. The Bertz CT molecular complexity index is 370. The van der Waals surface area contributed by atoms with Gasteiger partial charge < -0.3 is 9.80 Å². The first kappa shape index (κ1) is 14.1. The van der Waals surface area contributed by atoms with Gasteiger partial charge >= 0.3 is 0 Å². The summed E-state index contributed by atoms with van der Waals surface area (Å²) >= 11 is 0.